The fraction of sp³-hybridized carbons (Fsp3) is 0.250. The van der Waals surface area contributed by atoms with E-state index in [0.717, 1.165) is 6.08 Å². The lowest BCUT2D eigenvalue weighted by Crippen LogP contribution is -2.00. The maximum Gasteiger partial charge on any atom is 0.352 e. The molecule has 0 aromatic rings. The molecule has 0 aromatic heterocycles. The highest BCUT2D eigenvalue weighted by atomic mass is 31.2. The fourth-order valence-electron chi connectivity index (χ4n) is 1.14. The molecule has 0 aromatic carbocycles. The Bertz CT molecular complexity index is 429. The van der Waals surface area contributed by atoms with Crippen molar-refractivity contribution in [2.24, 2.45) is 0 Å². The zero-order valence-corrected chi connectivity index (χ0v) is 7.95. The standard InChI is InChI=1S/C8H7O5P/c9-4-6-1-7(5-10)3-8(2-6)14(11,12)13/h2H,1,3H2,(H2,11,12,13). The van der Waals surface area contributed by atoms with E-state index < -0.39 is 7.60 Å². The van der Waals surface area contributed by atoms with E-state index in [-0.39, 0.29) is 29.3 Å². The van der Waals surface area contributed by atoms with Crippen LogP contribution in [0, 0.1) is 0 Å². The maximum atomic E-state index is 10.8. The predicted molar refractivity (Wildman–Crippen MR) is 47.8 cm³/mol. The molecule has 0 fully saturated rings. The van der Waals surface area contributed by atoms with Gasteiger partial charge in [-0.1, -0.05) is 0 Å². The molecule has 0 saturated heterocycles. The number of hydrogen-bond donors (Lipinski definition) is 2. The highest BCUT2D eigenvalue weighted by Crippen LogP contribution is 2.50. The Balaban J connectivity index is 3.21. The first kappa shape index (κ1) is 10.9. The topological polar surface area (TPSA) is 91.7 Å². The number of carbonyl (C=O) groups excluding carboxylic acids is 2. The summed E-state index contributed by atoms with van der Waals surface area (Å²) in [5.41, 5.74) is 0.220. The second-order valence-corrected chi connectivity index (χ2v) is 4.53. The van der Waals surface area contributed by atoms with Gasteiger partial charge in [0.25, 0.3) is 0 Å². The first-order valence-corrected chi connectivity index (χ1v) is 5.32. The van der Waals surface area contributed by atoms with Crippen molar-refractivity contribution in [1.82, 2.24) is 0 Å². The second-order valence-electron chi connectivity index (χ2n) is 2.87. The van der Waals surface area contributed by atoms with E-state index in [1.807, 2.05) is 0 Å². The Hall–Kier alpha value is -1.21. The van der Waals surface area contributed by atoms with E-state index in [0.29, 0.717) is 0 Å². The molecule has 0 bridgehead atoms. The molecular weight excluding hydrogens is 207 g/mol. The molecule has 1 aliphatic carbocycles. The van der Waals surface area contributed by atoms with Crippen LogP contribution in [-0.2, 0) is 14.2 Å². The summed E-state index contributed by atoms with van der Waals surface area (Å²) >= 11 is 0. The van der Waals surface area contributed by atoms with Crippen LogP contribution in [0.4, 0.5) is 0 Å². The fourth-order valence-corrected chi connectivity index (χ4v) is 1.86. The summed E-state index contributed by atoms with van der Waals surface area (Å²) < 4.78 is 10.8. The molecule has 0 amide bonds. The van der Waals surface area contributed by atoms with Gasteiger partial charge in [0.1, 0.15) is 11.9 Å². The van der Waals surface area contributed by atoms with Gasteiger partial charge in [-0.2, -0.15) is 0 Å². The molecule has 0 unspecified atom stereocenters. The highest BCUT2D eigenvalue weighted by Gasteiger charge is 2.26. The summed E-state index contributed by atoms with van der Waals surface area (Å²) in [4.78, 5) is 38.3. The predicted octanol–water partition coefficient (Wildman–Crippen LogP) is 0.358. The summed E-state index contributed by atoms with van der Waals surface area (Å²) in [6.07, 6.45) is 1.03. The van der Waals surface area contributed by atoms with Crippen LogP contribution in [0.3, 0.4) is 0 Å². The Morgan fingerprint density at radius 3 is 2.29 bits per heavy atom. The minimum Gasteiger partial charge on any atom is -0.321 e. The molecule has 0 heterocycles. The van der Waals surface area contributed by atoms with Gasteiger partial charge in [0.05, 0.1) is 0 Å². The zero-order chi connectivity index (χ0) is 10.8. The van der Waals surface area contributed by atoms with Gasteiger partial charge >= 0.3 is 7.60 Å². The average molecular weight is 214 g/mol. The molecule has 6 heteroatoms. The molecule has 0 radical (unpaired) electrons. The summed E-state index contributed by atoms with van der Waals surface area (Å²) in [5, 5.41) is -0.236. The van der Waals surface area contributed by atoms with Crippen molar-refractivity contribution in [3.63, 3.8) is 0 Å². The summed E-state index contributed by atoms with van der Waals surface area (Å²) in [5.74, 6) is 3.07. The molecule has 1 aliphatic rings. The summed E-state index contributed by atoms with van der Waals surface area (Å²) in [7, 11) is -4.38. The van der Waals surface area contributed by atoms with Gasteiger partial charge in [-0.3, -0.25) is 4.57 Å². The van der Waals surface area contributed by atoms with Crippen LogP contribution < -0.4 is 0 Å². The van der Waals surface area contributed by atoms with Gasteiger partial charge in [-0.05, 0) is 6.08 Å². The first-order valence-electron chi connectivity index (χ1n) is 3.71. The van der Waals surface area contributed by atoms with Crippen LogP contribution in [0.1, 0.15) is 12.8 Å². The van der Waals surface area contributed by atoms with Crippen LogP contribution in [-0.4, -0.2) is 21.7 Å². The molecule has 0 atom stereocenters. The van der Waals surface area contributed by atoms with Gasteiger partial charge in [0.15, 0.2) is 0 Å². The van der Waals surface area contributed by atoms with Gasteiger partial charge in [-0.15, -0.1) is 0 Å². The molecule has 0 saturated carbocycles. The summed E-state index contributed by atoms with van der Waals surface area (Å²) in [6.45, 7) is 0. The van der Waals surface area contributed by atoms with Crippen LogP contribution in [0.5, 0.6) is 0 Å². The Morgan fingerprint density at radius 2 is 1.86 bits per heavy atom. The molecule has 2 N–H and O–H groups in total. The van der Waals surface area contributed by atoms with E-state index in [1.165, 1.54) is 5.94 Å². The molecule has 0 aliphatic heterocycles. The summed E-state index contributed by atoms with van der Waals surface area (Å²) in [6, 6.07) is 0. The SMILES string of the molecule is O=C=C1C=C(P(=O)(O)O)CC(=C=O)C1. The van der Waals surface area contributed by atoms with Crippen molar-refractivity contribution < 1.29 is 23.9 Å². The van der Waals surface area contributed by atoms with Gasteiger partial charge in [0.2, 0.25) is 0 Å². The van der Waals surface area contributed by atoms with Crippen molar-refractivity contribution in [2.45, 2.75) is 12.8 Å². The molecular formula is C8H7O5P. The minimum absolute atomic E-state index is 0.0629. The quantitative estimate of drug-likeness (QED) is 0.485. The Kier molecular flexibility index (Phi) is 3.02. The lowest BCUT2D eigenvalue weighted by molar-refractivity contribution is 0.381. The van der Waals surface area contributed by atoms with Gasteiger partial charge in [0, 0.05) is 29.3 Å². The lowest BCUT2D eigenvalue weighted by atomic mass is 9.99. The van der Waals surface area contributed by atoms with Gasteiger partial charge < -0.3 is 9.79 Å². The molecule has 14 heavy (non-hydrogen) atoms. The number of rotatable bonds is 1. The second kappa shape index (κ2) is 3.89. The average Bonchev–Trinajstić information content (AvgIpc) is 2.15. The number of allylic oxidation sites excluding steroid dienone is 4. The maximum absolute atomic E-state index is 10.8. The minimum atomic E-state index is -4.38. The van der Waals surface area contributed by atoms with E-state index in [2.05, 4.69) is 0 Å². The molecule has 0 spiro atoms. The Morgan fingerprint density at radius 1 is 1.21 bits per heavy atom. The first-order chi connectivity index (χ1) is 6.47. The third kappa shape index (κ3) is 2.39. The van der Waals surface area contributed by atoms with Crippen molar-refractivity contribution in [3.8, 4) is 0 Å². The van der Waals surface area contributed by atoms with Crippen molar-refractivity contribution in [2.75, 3.05) is 0 Å². The highest BCUT2D eigenvalue weighted by molar-refractivity contribution is 7.56. The van der Waals surface area contributed by atoms with Crippen LogP contribution >= 0.6 is 7.60 Å². The number of hydrogen-bond acceptors (Lipinski definition) is 3. The van der Waals surface area contributed by atoms with E-state index in [4.69, 9.17) is 9.79 Å². The molecule has 74 valence electrons. The third-order valence-corrected chi connectivity index (χ3v) is 2.82. The van der Waals surface area contributed by atoms with Crippen molar-refractivity contribution >= 4 is 19.5 Å². The monoisotopic (exact) mass is 214 g/mol. The molecule has 5 nitrogen and oxygen atoms in total. The van der Waals surface area contributed by atoms with Crippen molar-refractivity contribution in [3.05, 3.63) is 22.5 Å². The van der Waals surface area contributed by atoms with Crippen LogP contribution in [0.2, 0.25) is 0 Å². The smallest absolute Gasteiger partial charge is 0.321 e. The van der Waals surface area contributed by atoms with Crippen molar-refractivity contribution in [1.29, 1.82) is 0 Å². The van der Waals surface area contributed by atoms with Crippen LogP contribution in [0.15, 0.2) is 22.5 Å². The zero-order valence-electron chi connectivity index (χ0n) is 7.06. The normalized spacial score (nSPS) is 17.1. The van der Waals surface area contributed by atoms with E-state index in [1.54, 1.807) is 5.94 Å². The largest absolute Gasteiger partial charge is 0.352 e. The van der Waals surface area contributed by atoms with E-state index in [9.17, 15) is 14.2 Å². The lowest BCUT2D eigenvalue weighted by Gasteiger charge is -2.14. The van der Waals surface area contributed by atoms with Crippen LogP contribution in [0.25, 0.3) is 0 Å². The van der Waals surface area contributed by atoms with E-state index >= 15 is 0 Å². The Labute approximate surface area is 79.6 Å². The van der Waals surface area contributed by atoms with Gasteiger partial charge in [-0.25, -0.2) is 9.59 Å². The third-order valence-electron chi connectivity index (χ3n) is 1.79. The molecule has 1 rings (SSSR count).